The van der Waals surface area contributed by atoms with E-state index in [-0.39, 0.29) is 5.91 Å². The molecule has 0 spiro atoms. The Bertz CT molecular complexity index is 419. The highest BCUT2D eigenvalue weighted by atomic mass is 16.5. The van der Waals surface area contributed by atoms with E-state index in [1.54, 1.807) is 21.1 Å². The summed E-state index contributed by atoms with van der Waals surface area (Å²) in [6, 6.07) is 5.37. The Morgan fingerprint density at radius 2 is 2.00 bits per heavy atom. The minimum absolute atomic E-state index is 0.118. The zero-order chi connectivity index (χ0) is 14.3. The smallest absolute Gasteiger partial charge is 0.236 e. The summed E-state index contributed by atoms with van der Waals surface area (Å²) in [7, 11) is 3.23. The van der Waals surface area contributed by atoms with Gasteiger partial charge in [0.2, 0.25) is 5.91 Å². The van der Waals surface area contributed by atoms with Crippen molar-refractivity contribution in [3.63, 3.8) is 0 Å². The molecule has 0 aromatic heterocycles. The van der Waals surface area contributed by atoms with Crippen LogP contribution in [0.5, 0.6) is 11.5 Å². The topological polar surface area (TPSA) is 73.6 Å². The van der Waals surface area contributed by atoms with Gasteiger partial charge in [-0.1, -0.05) is 6.07 Å². The van der Waals surface area contributed by atoms with Crippen molar-refractivity contribution < 1.29 is 14.3 Å². The van der Waals surface area contributed by atoms with Crippen LogP contribution in [0.4, 0.5) is 0 Å². The number of aryl methyl sites for hydroxylation is 1. The normalized spacial score (nSPS) is 11.8. The second-order valence-corrected chi connectivity index (χ2v) is 4.37. The summed E-state index contributed by atoms with van der Waals surface area (Å²) < 4.78 is 10.4. The van der Waals surface area contributed by atoms with E-state index in [1.807, 2.05) is 18.2 Å². The van der Waals surface area contributed by atoms with E-state index in [9.17, 15) is 4.79 Å². The maximum absolute atomic E-state index is 11.3. The molecule has 0 heterocycles. The number of nitrogens with two attached hydrogens (primary N) is 1. The van der Waals surface area contributed by atoms with Crippen LogP contribution >= 0.6 is 0 Å². The summed E-state index contributed by atoms with van der Waals surface area (Å²) in [6.07, 6.45) is 1.72. The fourth-order valence-corrected chi connectivity index (χ4v) is 1.70. The lowest BCUT2D eigenvalue weighted by atomic mass is 10.1. The number of rotatable bonds is 7. The van der Waals surface area contributed by atoms with Crippen LogP contribution in [-0.4, -0.2) is 32.7 Å². The molecule has 0 saturated carbocycles. The molecule has 3 N–H and O–H groups in total. The maximum Gasteiger partial charge on any atom is 0.236 e. The van der Waals surface area contributed by atoms with Gasteiger partial charge >= 0.3 is 0 Å². The molecule has 1 rings (SSSR count). The van der Waals surface area contributed by atoms with Crippen molar-refractivity contribution in [1.82, 2.24) is 5.32 Å². The van der Waals surface area contributed by atoms with Gasteiger partial charge < -0.3 is 20.5 Å². The molecule has 0 radical (unpaired) electrons. The number of carbonyl (C=O) groups is 1. The highest BCUT2D eigenvalue weighted by Crippen LogP contribution is 2.27. The molecule has 0 fully saturated rings. The first-order chi connectivity index (χ1) is 9.08. The highest BCUT2D eigenvalue weighted by Gasteiger charge is 2.06. The molecule has 1 aromatic rings. The molecule has 1 atom stereocenters. The Kier molecular flexibility index (Phi) is 6.15. The van der Waals surface area contributed by atoms with Crippen LogP contribution in [0.2, 0.25) is 0 Å². The van der Waals surface area contributed by atoms with E-state index in [0.717, 1.165) is 29.9 Å². The summed E-state index contributed by atoms with van der Waals surface area (Å²) in [5.74, 6) is 1.32. The van der Waals surface area contributed by atoms with Crippen LogP contribution in [0.1, 0.15) is 18.9 Å². The third-order valence-corrected chi connectivity index (χ3v) is 2.80. The van der Waals surface area contributed by atoms with Gasteiger partial charge in [0, 0.05) is 6.54 Å². The summed E-state index contributed by atoms with van der Waals surface area (Å²) in [6.45, 7) is 2.29. The zero-order valence-corrected chi connectivity index (χ0v) is 11.7. The fourth-order valence-electron chi connectivity index (χ4n) is 1.70. The molecule has 0 saturated heterocycles. The van der Waals surface area contributed by atoms with Crippen LogP contribution in [0.25, 0.3) is 0 Å². The van der Waals surface area contributed by atoms with Crippen molar-refractivity contribution in [2.24, 2.45) is 5.73 Å². The van der Waals surface area contributed by atoms with E-state index < -0.39 is 6.04 Å². The molecular weight excluding hydrogens is 244 g/mol. The second kappa shape index (κ2) is 7.63. The molecule has 5 heteroatoms. The molecule has 106 valence electrons. The van der Waals surface area contributed by atoms with Crippen molar-refractivity contribution in [3.05, 3.63) is 23.8 Å². The van der Waals surface area contributed by atoms with Gasteiger partial charge in [0.05, 0.1) is 20.3 Å². The van der Waals surface area contributed by atoms with Gasteiger partial charge in [-0.25, -0.2) is 0 Å². The van der Waals surface area contributed by atoms with Crippen LogP contribution in [0.15, 0.2) is 18.2 Å². The number of benzene rings is 1. The lowest BCUT2D eigenvalue weighted by Crippen LogP contribution is -2.38. The summed E-state index contributed by atoms with van der Waals surface area (Å²) in [5.41, 5.74) is 6.60. The second-order valence-electron chi connectivity index (χ2n) is 4.37. The summed E-state index contributed by atoms with van der Waals surface area (Å²) in [4.78, 5) is 11.3. The first-order valence-corrected chi connectivity index (χ1v) is 6.32. The van der Waals surface area contributed by atoms with Gasteiger partial charge in [0.25, 0.3) is 0 Å². The average Bonchev–Trinajstić information content (AvgIpc) is 2.42. The Morgan fingerprint density at radius 3 is 2.58 bits per heavy atom. The molecular formula is C14H22N2O3. The van der Waals surface area contributed by atoms with E-state index in [2.05, 4.69) is 5.32 Å². The Morgan fingerprint density at radius 1 is 1.32 bits per heavy atom. The monoisotopic (exact) mass is 266 g/mol. The number of amides is 1. The largest absolute Gasteiger partial charge is 0.493 e. The van der Waals surface area contributed by atoms with Crippen molar-refractivity contribution in [3.8, 4) is 11.5 Å². The lowest BCUT2D eigenvalue weighted by molar-refractivity contribution is -0.121. The van der Waals surface area contributed by atoms with E-state index in [4.69, 9.17) is 15.2 Å². The van der Waals surface area contributed by atoms with Crippen LogP contribution in [-0.2, 0) is 11.2 Å². The van der Waals surface area contributed by atoms with E-state index >= 15 is 0 Å². The Balaban J connectivity index is 2.43. The minimum atomic E-state index is -0.457. The summed E-state index contributed by atoms with van der Waals surface area (Å²) in [5, 5.41) is 2.78. The molecule has 5 nitrogen and oxygen atoms in total. The van der Waals surface area contributed by atoms with Gasteiger partial charge in [-0.15, -0.1) is 0 Å². The number of methoxy groups -OCH3 is 2. The third-order valence-electron chi connectivity index (χ3n) is 2.80. The highest BCUT2D eigenvalue weighted by molar-refractivity contribution is 5.80. The fraction of sp³-hybridized carbons (Fsp3) is 0.500. The van der Waals surface area contributed by atoms with Crippen LogP contribution in [0.3, 0.4) is 0 Å². The van der Waals surface area contributed by atoms with E-state index in [0.29, 0.717) is 6.54 Å². The molecule has 1 aromatic carbocycles. The SMILES string of the molecule is COc1ccc(CCCNC(=O)C(C)N)cc1OC. The number of nitrogens with one attached hydrogen (secondary N) is 1. The predicted octanol–water partition coefficient (Wildman–Crippen LogP) is 1.10. The predicted molar refractivity (Wildman–Crippen MR) is 74.5 cm³/mol. The lowest BCUT2D eigenvalue weighted by Gasteiger charge is -2.10. The van der Waals surface area contributed by atoms with Crippen molar-refractivity contribution in [1.29, 1.82) is 0 Å². The van der Waals surface area contributed by atoms with Gasteiger partial charge in [-0.2, -0.15) is 0 Å². The number of hydrogen-bond donors (Lipinski definition) is 2. The third kappa shape index (κ3) is 4.79. The van der Waals surface area contributed by atoms with Crippen molar-refractivity contribution in [2.45, 2.75) is 25.8 Å². The molecule has 0 aliphatic carbocycles. The molecule has 0 aliphatic heterocycles. The van der Waals surface area contributed by atoms with Gasteiger partial charge in [-0.05, 0) is 37.5 Å². The van der Waals surface area contributed by atoms with Gasteiger partial charge in [0.1, 0.15) is 0 Å². The minimum Gasteiger partial charge on any atom is -0.493 e. The van der Waals surface area contributed by atoms with Gasteiger partial charge in [0.15, 0.2) is 11.5 Å². The number of hydrogen-bond acceptors (Lipinski definition) is 4. The van der Waals surface area contributed by atoms with Crippen molar-refractivity contribution >= 4 is 5.91 Å². The molecule has 0 aliphatic rings. The molecule has 1 unspecified atom stereocenters. The first-order valence-electron chi connectivity index (χ1n) is 6.32. The Hall–Kier alpha value is -1.75. The molecule has 0 bridgehead atoms. The zero-order valence-electron chi connectivity index (χ0n) is 11.7. The molecule has 19 heavy (non-hydrogen) atoms. The standard InChI is InChI=1S/C14H22N2O3/c1-10(15)14(17)16-8-4-5-11-6-7-12(18-2)13(9-11)19-3/h6-7,9-10H,4-5,8,15H2,1-3H3,(H,16,17). The van der Waals surface area contributed by atoms with Crippen LogP contribution in [0, 0.1) is 0 Å². The maximum atomic E-state index is 11.3. The number of carbonyl (C=O) groups excluding carboxylic acids is 1. The first kappa shape index (κ1) is 15.3. The average molecular weight is 266 g/mol. The summed E-state index contributed by atoms with van der Waals surface area (Å²) >= 11 is 0. The van der Waals surface area contributed by atoms with E-state index in [1.165, 1.54) is 0 Å². The molecule has 1 amide bonds. The number of ether oxygens (including phenoxy) is 2. The van der Waals surface area contributed by atoms with Crippen molar-refractivity contribution in [2.75, 3.05) is 20.8 Å². The Labute approximate surface area is 114 Å². The quantitative estimate of drug-likeness (QED) is 0.725. The van der Waals surface area contributed by atoms with Gasteiger partial charge in [-0.3, -0.25) is 4.79 Å². The van der Waals surface area contributed by atoms with Crippen LogP contribution < -0.4 is 20.5 Å².